The molecule has 75 heavy (non-hydrogen) atoms. The van der Waals surface area contributed by atoms with Gasteiger partial charge >= 0.3 is 0 Å². The van der Waals surface area contributed by atoms with Crippen LogP contribution >= 0.6 is 0 Å². The predicted molar refractivity (Wildman–Crippen MR) is 316 cm³/mol. The highest BCUT2D eigenvalue weighted by Crippen LogP contribution is 2.09. The van der Waals surface area contributed by atoms with Crippen molar-refractivity contribution < 1.29 is 66.3 Å². The van der Waals surface area contributed by atoms with Gasteiger partial charge in [0.15, 0.2) is 0 Å². The smallest absolute Gasteiger partial charge is 0.147 e. The van der Waals surface area contributed by atoms with Crippen molar-refractivity contribution in [1.82, 2.24) is 0 Å². The fourth-order valence-electron chi connectivity index (χ4n) is 3.99. The standard InChI is InChI=1S/3C10H18O2.C9H16O2.C8H14O2.2C7H12O2/c1-5-7-11-9-10(3,4)12-8-6-2;1-4-7-11-9-10(6-3)12-8-5-2;1-3-7-11-9-5-6-10-12-8-4-2;1-4-6-10-8-9(3)11-7-5-2;1-3-5-9-7-8-10-6-4-2;1-3-8-6-5-7-9-4-2;1-3-5-8-7-9-6-4-2/h5-6H,1-2,7-9H2,3-4H3;4-5,10H,1-2,6-9H2,3H3;3-4H,1-2,5-10H2;4-5,9H,1-2,6-8H2,3H3;3-4H,1-2,5-8H2;2*3-4H,1-2,5-7H2. The van der Waals surface area contributed by atoms with Crippen LogP contribution in [0.3, 0.4) is 0 Å². The van der Waals surface area contributed by atoms with E-state index in [2.05, 4.69) is 99.0 Å². The van der Waals surface area contributed by atoms with Crippen LogP contribution in [0.1, 0.15) is 53.4 Å². The van der Waals surface area contributed by atoms with Gasteiger partial charge in [-0.15, -0.1) is 78.9 Å². The monoisotopic (exact) mass is 1060 g/mol. The van der Waals surface area contributed by atoms with Crippen molar-refractivity contribution in [2.75, 3.05) is 146 Å². The average molecular weight is 1070 g/mol. The zero-order valence-corrected chi connectivity index (χ0v) is 47.7. The van der Waals surface area contributed by atoms with E-state index < -0.39 is 0 Å². The summed E-state index contributed by atoms with van der Waals surface area (Å²) in [6.07, 6.45) is 27.8. The first-order chi connectivity index (χ1) is 36.4. The molecule has 0 radical (unpaired) electrons. The quantitative estimate of drug-likeness (QED) is 0.0248. The summed E-state index contributed by atoms with van der Waals surface area (Å²) >= 11 is 0. The van der Waals surface area contributed by atoms with Crippen LogP contribution < -0.4 is 0 Å². The summed E-state index contributed by atoms with van der Waals surface area (Å²) in [7, 11) is 0. The molecular formula is C61H108O14. The predicted octanol–water partition coefficient (Wildman–Crippen LogP) is 12.7. The van der Waals surface area contributed by atoms with Crippen molar-refractivity contribution in [3.63, 3.8) is 0 Å². The Bertz CT molecular complexity index is 1180. The summed E-state index contributed by atoms with van der Waals surface area (Å²) < 4.78 is 71.8. The zero-order chi connectivity index (χ0) is 57.8. The van der Waals surface area contributed by atoms with E-state index in [0.717, 1.165) is 38.9 Å². The molecule has 0 aliphatic rings. The fraction of sp³-hybridized carbons (Fsp3) is 0.541. The number of hydrogen-bond donors (Lipinski definition) is 0. The third-order valence-corrected chi connectivity index (χ3v) is 7.35. The zero-order valence-electron chi connectivity index (χ0n) is 47.7. The van der Waals surface area contributed by atoms with Crippen LogP contribution in [0, 0.1) is 0 Å². The van der Waals surface area contributed by atoms with Crippen LogP contribution in [-0.4, -0.2) is 163 Å². The molecule has 0 saturated carbocycles. The molecule has 0 aromatic carbocycles. The topological polar surface area (TPSA) is 129 Å². The van der Waals surface area contributed by atoms with Crippen molar-refractivity contribution >= 4 is 0 Å². The number of unbranched alkanes of at least 4 members (excludes halogenated alkanes) is 1. The van der Waals surface area contributed by atoms with Gasteiger partial charge in [0.2, 0.25) is 0 Å². The highest BCUT2D eigenvalue weighted by atomic mass is 16.7. The molecule has 0 rings (SSSR count). The molecular weight excluding hydrogens is 957 g/mol. The lowest BCUT2D eigenvalue weighted by Crippen LogP contribution is -2.30. The Morgan fingerprint density at radius 1 is 0.360 bits per heavy atom. The summed E-state index contributed by atoms with van der Waals surface area (Å²) in [5, 5.41) is 0. The molecule has 14 heteroatoms. The lowest BCUT2D eigenvalue weighted by molar-refractivity contribution is -0.0595. The molecule has 2 unspecified atom stereocenters. The van der Waals surface area contributed by atoms with E-state index in [0.29, 0.717) is 132 Å². The summed E-state index contributed by atoms with van der Waals surface area (Å²) in [5.74, 6) is 0. The lowest BCUT2D eigenvalue weighted by Gasteiger charge is -2.23. The minimum atomic E-state index is -0.239. The number of rotatable bonds is 50. The van der Waals surface area contributed by atoms with E-state index in [1.807, 2.05) is 20.8 Å². The van der Waals surface area contributed by atoms with Crippen molar-refractivity contribution in [2.24, 2.45) is 0 Å². The van der Waals surface area contributed by atoms with Crippen molar-refractivity contribution in [2.45, 2.75) is 71.2 Å². The molecule has 0 aromatic rings. The van der Waals surface area contributed by atoms with Gasteiger partial charge < -0.3 is 66.3 Å². The highest BCUT2D eigenvalue weighted by Gasteiger charge is 2.17. The van der Waals surface area contributed by atoms with Crippen LogP contribution in [0.25, 0.3) is 0 Å². The van der Waals surface area contributed by atoms with Crippen molar-refractivity contribution in [3.05, 3.63) is 178 Å². The lowest BCUT2D eigenvalue weighted by atomic mass is 10.1. The first-order valence-electron chi connectivity index (χ1n) is 25.3. The second-order valence-corrected chi connectivity index (χ2v) is 14.9. The Labute approximate surface area is 459 Å². The minimum Gasteiger partial charge on any atom is -0.502 e. The third-order valence-electron chi connectivity index (χ3n) is 7.35. The van der Waals surface area contributed by atoms with E-state index in [1.54, 1.807) is 72.9 Å². The molecule has 2 atom stereocenters. The molecule has 0 spiro atoms. The molecule has 0 heterocycles. The SMILES string of the molecule is C=CCOCC(C)(C)OCC=C.C=CCOCC(C)OCC=C.C=CCOCC(CC)OCC=C.C=CCOCCCCOCC=C.C=CCOCCOCC=C.C=CCOCOCC=C.C=COCCCOC=C. The fourth-order valence-corrected chi connectivity index (χ4v) is 3.99. The van der Waals surface area contributed by atoms with Gasteiger partial charge in [-0.1, -0.05) is 93.0 Å². The third kappa shape index (κ3) is 107. The molecule has 0 aliphatic carbocycles. The van der Waals surface area contributed by atoms with Gasteiger partial charge in [0.25, 0.3) is 0 Å². The molecule has 0 amide bonds. The first-order valence-corrected chi connectivity index (χ1v) is 25.3. The number of hydrogen-bond acceptors (Lipinski definition) is 14. The van der Waals surface area contributed by atoms with Gasteiger partial charge in [0, 0.05) is 19.6 Å². The summed E-state index contributed by atoms with van der Waals surface area (Å²) in [6.45, 7) is 70.6. The maximum absolute atomic E-state index is 5.45. The summed E-state index contributed by atoms with van der Waals surface area (Å²) in [5.41, 5.74) is -0.239. The molecule has 0 aliphatic heterocycles. The summed E-state index contributed by atoms with van der Waals surface area (Å²) in [4.78, 5) is 0. The van der Waals surface area contributed by atoms with Gasteiger partial charge in [0.1, 0.15) is 6.79 Å². The maximum atomic E-state index is 5.45. The van der Waals surface area contributed by atoms with Gasteiger partial charge in [-0.3, -0.25) is 0 Å². The Balaban J connectivity index is -0.000000144. The Hall–Kier alpha value is -4.52. The van der Waals surface area contributed by atoms with Gasteiger partial charge in [-0.25, -0.2) is 0 Å². The molecule has 0 bridgehead atoms. The van der Waals surface area contributed by atoms with E-state index in [1.165, 1.54) is 12.5 Å². The molecule has 0 aromatic heterocycles. The van der Waals surface area contributed by atoms with E-state index >= 15 is 0 Å². The minimum absolute atomic E-state index is 0.132. The highest BCUT2D eigenvalue weighted by molar-refractivity contribution is 4.74. The van der Waals surface area contributed by atoms with Crippen LogP contribution in [0.15, 0.2) is 178 Å². The molecule has 0 N–H and O–H groups in total. The van der Waals surface area contributed by atoms with Gasteiger partial charge in [0.05, 0.1) is 156 Å². The second kappa shape index (κ2) is 86.2. The second-order valence-electron chi connectivity index (χ2n) is 14.9. The molecule has 0 saturated heterocycles. The van der Waals surface area contributed by atoms with Gasteiger partial charge in [-0.2, -0.15) is 0 Å². The Morgan fingerprint density at radius 3 is 1.09 bits per heavy atom. The Kier molecular flexibility index (Phi) is 97.0. The largest absolute Gasteiger partial charge is 0.502 e. The Morgan fingerprint density at radius 2 is 0.707 bits per heavy atom. The van der Waals surface area contributed by atoms with Crippen LogP contribution in [0.5, 0.6) is 0 Å². The summed E-state index contributed by atoms with van der Waals surface area (Å²) in [6, 6.07) is 0. The van der Waals surface area contributed by atoms with Crippen molar-refractivity contribution in [1.29, 1.82) is 0 Å². The van der Waals surface area contributed by atoms with E-state index in [-0.39, 0.29) is 17.8 Å². The van der Waals surface area contributed by atoms with E-state index in [9.17, 15) is 0 Å². The van der Waals surface area contributed by atoms with Crippen LogP contribution in [0.4, 0.5) is 0 Å². The molecule has 14 nitrogen and oxygen atoms in total. The number of ether oxygens (including phenoxy) is 14. The van der Waals surface area contributed by atoms with Crippen LogP contribution in [0.2, 0.25) is 0 Å². The van der Waals surface area contributed by atoms with Crippen molar-refractivity contribution in [3.8, 4) is 0 Å². The molecule has 436 valence electrons. The van der Waals surface area contributed by atoms with E-state index in [4.69, 9.17) is 66.3 Å². The van der Waals surface area contributed by atoms with Crippen LogP contribution in [-0.2, 0) is 66.3 Å². The normalized spacial score (nSPS) is 10.4. The molecule has 0 fully saturated rings. The average Bonchev–Trinajstić information content (AvgIpc) is 3.41. The maximum Gasteiger partial charge on any atom is 0.147 e. The van der Waals surface area contributed by atoms with Gasteiger partial charge in [-0.05, 0) is 40.0 Å². The first kappa shape index (κ1) is 84.4.